The standard InChI is InChI=1S/C24H35N3O2/c1-16(2)14-27-19(5)23(17(3)25-27)13-24(28)26(18(4)21-9-10-21)15-20-7-11-22(29-6)12-8-20/h7-8,11-12,16,18,21H,9-10,13-15H2,1-6H3. The van der Waals surface area contributed by atoms with Gasteiger partial charge in [0.05, 0.1) is 19.2 Å². The Morgan fingerprint density at radius 1 is 1.21 bits per heavy atom. The number of ether oxygens (including phenoxy) is 1. The number of hydrogen-bond donors (Lipinski definition) is 0. The lowest BCUT2D eigenvalue weighted by Crippen LogP contribution is -2.40. The molecule has 1 saturated carbocycles. The number of methoxy groups -OCH3 is 1. The van der Waals surface area contributed by atoms with Gasteiger partial charge in [0.25, 0.3) is 0 Å². The van der Waals surface area contributed by atoms with Gasteiger partial charge in [0, 0.05) is 30.4 Å². The lowest BCUT2D eigenvalue weighted by Gasteiger charge is -2.30. The second-order valence-electron chi connectivity index (χ2n) is 8.85. The van der Waals surface area contributed by atoms with Crippen molar-refractivity contribution in [2.24, 2.45) is 11.8 Å². The number of aromatic nitrogens is 2. The van der Waals surface area contributed by atoms with Crippen LogP contribution >= 0.6 is 0 Å². The van der Waals surface area contributed by atoms with Crippen molar-refractivity contribution in [2.75, 3.05) is 7.11 Å². The average Bonchev–Trinajstić information content (AvgIpc) is 3.50. The van der Waals surface area contributed by atoms with E-state index in [2.05, 4.69) is 49.4 Å². The summed E-state index contributed by atoms with van der Waals surface area (Å²) in [5, 5.41) is 4.69. The van der Waals surface area contributed by atoms with Gasteiger partial charge in [-0.2, -0.15) is 5.10 Å². The lowest BCUT2D eigenvalue weighted by molar-refractivity contribution is -0.133. The Kier molecular flexibility index (Phi) is 6.66. The fraction of sp³-hybridized carbons (Fsp3) is 0.583. The van der Waals surface area contributed by atoms with E-state index in [0.717, 1.165) is 34.8 Å². The Labute approximate surface area is 175 Å². The maximum Gasteiger partial charge on any atom is 0.227 e. The first-order valence-corrected chi connectivity index (χ1v) is 10.8. The quantitative estimate of drug-likeness (QED) is 0.624. The molecule has 0 N–H and O–H groups in total. The third-order valence-electron chi connectivity index (χ3n) is 6.03. The summed E-state index contributed by atoms with van der Waals surface area (Å²) in [4.78, 5) is 15.5. The molecule has 1 aromatic carbocycles. The molecule has 29 heavy (non-hydrogen) atoms. The Morgan fingerprint density at radius 3 is 2.41 bits per heavy atom. The van der Waals surface area contributed by atoms with Crippen LogP contribution in [0.25, 0.3) is 0 Å². The molecule has 2 aromatic rings. The number of rotatable bonds is 9. The van der Waals surface area contributed by atoms with Crippen molar-refractivity contribution < 1.29 is 9.53 Å². The predicted molar refractivity (Wildman–Crippen MR) is 116 cm³/mol. The first kappa shape index (κ1) is 21.4. The third-order valence-corrected chi connectivity index (χ3v) is 6.03. The van der Waals surface area contributed by atoms with Gasteiger partial charge in [-0.25, -0.2) is 0 Å². The van der Waals surface area contributed by atoms with Crippen LogP contribution in [0.3, 0.4) is 0 Å². The second-order valence-corrected chi connectivity index (χ2v) is 8.85. The van der Waals surface area contributed by atoms with E-state index in [1.54, 1.807) is 7.11 Å². The summed E-state index contributed by atoms with van der Waals surface area (Å²) in [6, 6.07) is 8.29. The van der Waals surface area contributed by atoms with Crippen LogP contribution in [0, 0.1) is 25.7 Å². The molecule has 1 aliphatic carbocycles. The Balaban J connectivity index is 1.79. The number of aryl methyl sites for hydroxylation is 1. The zero-order valence-electron chi connectivity index (χ0n) is 18.7. The van der Waals surface area contributed by atoms with Crippen LogP contribution in [-0.2, 0) is 24.3 Å². The van der Waals surface area contributed by atoms with Crippen molar-refractivity contribution in [3.8, 4) is 5.75 Å². The highest BCUT2D eigenvalue weighted by Crippen LogP contribution is 2.36. The van der Waals surface area contributed by atoms with Crippen LogP contribution < -0.4 is 4.74 Å². The average molecular weight is 398 g/mol. The maximum atomic E-state index is 13.4. The largest absolute Gasteiger partial charge is 0.497 e. The molecule has 0 bridgehead atoms. The van der Waals surface area contributed by atoms with Crippen molar-refractivity contribution in [3.63, 3.8) is 0 Å². The third kappa shape index (κ3) is 5.20. The summed E-state index contributed by atoms with van der Waals surface area (Å²) >= 11 is 0. The molecule has 1 fully saturated rings. The highest BCUT2D eigenvalue weighted by atomic mass is 16.5. The molecule has 5 nitrogen and oxygen atoms in total. The van der Waals surface area contributed by atoms with Crippen molar-refractivity contribution in [2.45, 2.75) is 73.0 Å². The molecule has 1 heterocycles. The molecular weight excluding hydrogens is 362 g/mol. The van der Waals surface area contributed by atoms with Gasteiger partial charge in [0.1, 0.15) is 5.75 Å². The van der Waals surface area contributed by atoms with Gasteiger partial charge < -0.3 is 9.64 Å². The van der Waals surface area contributed by atoms with Gasteiger partial charge in [-0.3, -0.25) is 9.48 Å². The van der Waals surface area contributed by atoms with E-state index < -0.39 is 0 Å². The highest BCUT2D eigenvalue weighted by molar-refractivity contribution is 5.79. The number of carbonyl (C=O) groups is 1. The molecule has 1 aliphatic rings. The predicted octanol–water partition coefficient (Wildman–Crippen LogP) is 4.53. The van der Waals surface area contributed by atoms with E-state index in [4.69, 9.17) is 9.84 Å². The van der Waals surface area contributed by atoms with Crippen LogP contribution in [0.4, 0.5) is 0 Å². The molecule has 1 aromatic heterocycles. The molecule has 0 saturated heterocycles. The molecular formula is C24H35N3O2. The Bertz CT molecular complexity index is 835. The zero-order valence-corrected chi connectivity index (χ0v) is 18.7. The van der Waals surface area contributed by atoms with Crippen molar-refractivity contribution in [1.29, 1.82) is 0 Å². The van der Waals surface area contributed by atoms with Gasteiger partial charge in [0.2, 0.25) is 5.91 Å². The Hall–Kier alpha value is -2.30. The van der Waals surface area contributed by atoms with Crippen LogP contribution in [0.5, 0.6) is 5.75 Å². The zero-order chi connectivity index (χ0) is 21.1. The van der Waals surface area contributed by atoms with Crippen LogP contribution in [0.15, 0.2) is 24.3 Å². The number of hydrogen-bond acceptors (Lipinski definition) is 3. The topological polar surface area (TPSA) is 47.4 Å². The monoisotopic (exact) mass is 397 g/mol. The maximum absolute atomic E-state index is 13.4. The molecule has 3 rings (SSSR count). The molecule has 158 valence electrons. The first-order chi connectivity index (χ1) is 13.8. The molecule has 0 radical (unpaired) electrons. The summed E-state index contributed by atoms with van der Waals surface area (Å²) in [6.07, 6.45) is 2.86. The van der Waals surface area contributed by atoms with E-state index in [0.29, 0.717) is 24.8 Å². The molecule has 0 spiro atoms. The number of nitrogens with zero attached hydrogens (tertiary/aromatic N) is 3. The van der Waals surface area contributed by atoms with E-state index >= 15 is 0 Å². The highest BCUT2D eigenvalue weighted by Gasteiger charge is 2.34. The lowest BCUT2D eigenvalue weighted by atomic mass is 10.1. The molecule has 1 unspecified atom stereocenters. The van der Waals surface area contributed by atoms with Gasteiger partial charge >= 0.3 is 0 Å². The number of amides is 1. The van der Waals surface area contributed by atoms with E-state index in [1.165, 1.54) is 12.8 Å². The van der Waals surface area contributed by atoms with E-state index in [9.17, 15) is 4.79 Å². The SMILES string of the molecule is COc1ccc(CN(C(=O)Cc2c(C)nn(CC(C)C)c2C)C(C)C2CC2)cc1. The fourth-order valence-corrected chi connectivity index (χ4v) is 3.99. The first-order valence-electron chi connectivity index (χ1n) is 10.8. The molecule has 5 heteroatoms. The number of benzene rings is 1. The normalized spacial score (nSPS) is 14.9. The van der Waals surface area contributed by atoms with Gasteiger partial charge in [-0.15, -0.1) is 0 Å². The minimum Gasteiger partial charge on any atom is -0.497 e. The molecule has 1 amide bonds. The van der Waals surface area contributed by atoms with Crippen molar-refractivity contribution in [3.05, 3.63) is 46.8 Å². The van der Waals surface area contributed by atoms with Gasteiger partial charge in [-0.1, -0.05) is 26.0 Å². The Morgan fingerprint density at radius 2 is 1.86 bits per heavy atom. The summed E-state index contributed by atoms with van der Waals surface area (Å²) in [5.41, 5.74) is 4.31. The summed E-state index contributed by atoms with van der Waals surface area (Å²) < 4.78 is 7.32. The number of carbonyl (C=O) groups excluding carboxylic acids is 1. The van der Waals surface area contributed by atoms with Crippen molar-refractivity contribution in [1.82, 2.24) is 14.7 Å². The van der Waals surface area contributed by atoms with E-state index in [1.807, 2.05) is 19.1 Å². The van der Waals surface area contributed by atoms with Crippen LogP contribution in [0.1, 0.15) is 56.1 Å². The van der Waals surface area contributed by atoms with Gasteiger partial charge in [-0.05, 0) is 63.1 Å². The fourth-order valence-electron chi connectivity index (χ4n) is 3.99. The minimum atomic E-state index is 0.190. The van der Waals surface area contributed by atoms with Crippen LogP contribution in [0.2, 0.25) is 0 Å². The molecule has 0 aliphatic heterocycles. The smallest absolute Gasteiger partial charge is 0.227 e. The summed E-state index contributed by atoms with van der Waals surface area (Å²) in [5.74, 6) is 2.18. The summed E-state index contributed by atoms with van der Waals surface area (Å²) in [6.45, 7) is 12.2. The van der Waals surface area contributed by atoms with E-state index in [-0.39, 0.29) is 11.9 Å². The minimum absolute atomic E-state index is 0.190. The van der Waals surface area contributed by atoms with Crippen LogP contribution in [-0.4, -0.2) is 33.7 Å². The van der Waals surface area contributed by atoms with Crippen molar-refractivity contribution >= 4 is 5.91 Å². The van der Waals surface area contributed by atoms with Gasteiger partial charge in [0.15, 0.2) is 0 Å². The second kappa shape index (κ2) is 9.02. The summed E-state index contributed by atoms with van der Waals surface area (Å²) in [7, 11) is 1.67. The molecule has 1 atom stereocenters.